The van der Waals surface area contributed by atoms with Gasteiger partial charge in [-0.2, -0.15) is 0 Å². The zero-order valence-corrected chi connectivity index (χ0v) is 12.0. The average molecular weight is 316 g/mol. The summed E-state index contributed by atoms with van der Waals surface area (Å²) in [5.41, 5.74) is 5.07. The Morgan fingerprint density at radius 3 is 2.61 bits per heavy atom. The van der Waals surface area contributed by atoms with E-state index in [-0.39, 0.29) is 5.91 Å². The smallest absolute Gasteiger partial charge is 0.217 e. The number of nitrogens with one attached hydrogen (secondary N) is 2. The van der Waals surface area contributed by atoms with Crippen molar-refractivity contribution in [2.75, 3.05) is 23.7 Å². The van der Waals surface area contributed by atoms with E-state index < -0.39 is 0 Å². The number of primary amides is 1. The van der Waals surface area contributed by atoms with Crippen molar-refractivity contribution in [1.82, 2.24) is 9.97 Å². The number of hydrogen-bond acceptors (Lipinski definition) is 5. The molecule has 18 heavy (non-hydrogen) atoms. The van der Waals surface area contributed by atoms with Gasteiger partial charge in [0.05, 0.1) is 0 Å². The molecule has 0 bridgehead atoms. The maximum Gasteiger partial charge on any atom is 0.217 e. The van der Waals surface area contributed by atoms with Crippen LogP contribution in [0.3, 0.4) is 0 Å². The summed E-state index contributed by atoms with van der Waals surface area (Å²) in [5, 5.41) is 6.33. The van der Waals surface area contributed by atoms with E-state index in [4.69, 9.17) is 5.73 Å². The predicted octanol–water partition coefficient (Wildman–Crippen LogP) is 1.74. The van der Waals surface area contributed by atoms with E-state index in [0.717, 1.165) is 42.0 Å². The molecule has 0 spiro atoms. The molecule has 0 aliphatic heterocycles. The summed E-state index contributed by atoms with van der Waals surface area (Å²) in [4.78, 5) is 18.8. The Morgan fingerprint density at radius 2 is 2.00 bits per heavy atom. The summed E-state index contributed by atoms with van der Waals surface area (Å²) >= 11 is 3.45. The lowest BCUT2D eigenvalue weighted by Gasteiger charge is -2.10. The number of carbonyl (C=O) groups excluding carboxylic acids is 1. The molecule has 0 aromatic carbocycles. The molecule has 0 aliphatic carbocycles. The Balaban J connectivity index is 2.42. The van der Waals surface area contributed by atoms with Crippen LogP contribution in [0.25, 0.3) is 0 Å². The van der Waals surface area contributed by atoms with Crippen molar-refractivity contribution < 1.29 is 4.79 Å². The summed E-state index contributed by atoms with van der Waals surface area (Å²) < 4.78 is 0.821. The highest BCUT2D eigenvalue weighted by molar-refractivity contribution is 9.10. The highest BCUT2D eigenvalue weighted by Crippen LogP contribution is 2.26. The molecule has 0 saturated heterocycles. The number of carbonyl (C=O) groups is 1. The maximum absolute atomic E-state index is 10.6. The van der Waals surface area contributed by atoms with Gasteiger partial charge in [0, 0.05) is 19.5 Å². The van der Waals surface area contributed by atoms with Crippen LogP contribution in [0.1, 0.15) is 26.2 Å². The lowest BCUT2D eigenvalue weighted by atomic mass is 10.2. The number of anilines is 2. The second-order valence-corrected chi connectivity index (χ2v) is 4.56. The van der Waals surface area contributed by atoms with Gasteiger partial charge in [-0.05, 0) is 35.7 Å². The highest BCUT2D eigenvalue weighted by atomic mass is 79.9. The molecule has 100 valence electrons. The van der Waals surface area contributed by atoms with Crippen molar-refractivity contribution in [3.63, 3.8) is 0 Å². The van der Waals surface area contributed by atoms with E-state index in [0.29, 0.717) is 6.42 Å². The molecule has 0 unspecified atom stereocenters. The normalized spacial score (nSPS) is 10.1. The van der Waals surface area contributed by atoms with Crippen LogP contribution in [0.5, 0.6) is 0 Å². The van der Waals surface area contributed by atoms with Crippen molar-refractivity contribution in [2.45, 2.75) is 26.2 Å². The first kappa shape index (κ1) is 14.7. The van der Waals surface area contributed by atoms with E-state index in [1.165, 1.54) is 6.33 Å². The molecule has 4 N–H and O–H groups in total. The number of hydrogen-bond donors (Lipinski definition) is 3. The number of unbranched alkanes of at least 4 members (excludes halogenated alkanes) is 1. The average Bonchev–Trinajstić information content (AvgIpc) is 2.33. The first-order chi connectivity index (χ1) is 8.65. The van der Waals surface area contributed by atoms with E-state index in [9.17, 15) is 4.79 Å². The zero-order valence-electron chi connectivity index (χ0n) is 10.4. The Morgan fingerprint density at radius 1 is 1.33 bits per heavy atom. The van der Waals surface area contributed by atoms with Gasteiger partial charge in [-0.1, -0.05) is 0 Å². The molecule has 6 nitrogen and oxygen atoms in total. The largest absolute Gasteiger partial charge is 0.370 e. The molecule has 0 saturated carbocycles. The van der Waals surface area contributed by atoms with Crippen LogP contribution in [0, 0.1) is 0 Å². The van der Waals surface area contributed by atoms with E-state index in [2.05, 4.69) is 36.5 Å². The molecule has 0 radical (unpaired) electrons. The summed E-state index contributed by atoms with van der Waals surface area (Å²) in [6.07, 6.45) is 3.59. The topological polar surface area (TPSA) is 92.9 Å². The van der Waals surface area contributed by atoms with E-state index in [1.54, 1.807) is 0 Å². The zero-order chi connectivity index (χ0) is 13.4. The quantitative estimate of drug-likeness (QED) is 0.635. The molecule has 1 aromatic heterocycles. The van der Waals surface area contributed by atoms with Gasteiger partial charge in [-0.25, -0.2) is 9.97 Å². The van der Waals surface area contributed by atoms with Crippen LogP contribution in [0.15, 0.2) is 10.8 Å². The van der Waals surface area contributed by atoms with Gasteiger partial charge >= 0.3 is 0 Å². The van der Waals surface area contributed by atoms with Crippen LogP contribution in [-0.2, 0) is 4.79 Å². The number of nitrogens with two attached hydrogens (primary N) is 1. The Kier molecular flexibility index (Phi) is 6.42. The molecular formula is C11H18BrN5O. The molecule has 1 heterocycles. The van der Waals surface area contributed by atoms with Gasteiger partial charge in [0.2, 0.25) is 5.91 Å². The van der Waals surface area contributed by atoms with Gasteiger partial charge in [0.1, 0.15) is 22.4 Å². The minimum Gasteiger partial charge on any atom is -0.370 e. The first-order valence-electron chi connectivity index (χ1n) is 5.91. The Hall–Kier alpha value is -1.37. The van der Waals surface area contributed by atoms with Crippen molar-refractivity contribution in [1.29, 1.82) is 0 Å². The summed E-state index contributed by atoms with van der Waals surface area (Å²) in [6, 6.07) is 0. The number of halogens is 1. The van der Waals surface area contributed by atoms with Crippen LogP contribution in [0.2, 0.25) is 0 Å². The molecule has 7 heteroatoms. The standard InChI is InChI=1S/C11H18BrN5O/c1-2-14-10-9(12)11(17-7-16-10)15-6-4-3-5-8(13)18/h7H,2-6H2,1H3,(H2,13,18)(H2,14,15,16,17). The third-order valence-electron chi connectivity index (χ3n) is 2.28. The van der Waals surface area contributed by atoms with Crippen LogP contribution in [0.4, 0.5) is 11.6 Å². The molecule has 0 atom stereocenters. The predicted molar refractivity (Wildman–Crippen MR) is 75.4 cm³/mol. The molecule has 0 fully saturated rings. The molecule has 1 rings (SSSR count). The second-order valence-electron chi connectivity index (χ2n) is 3.77. The molecule has 0 aliphatic rings. The lowest BCUT2D eigenvalue weighted by molar-refractivity contribution is -0.118. The van der Waals surface area contributed by atoms with Crippen LogP contribution >= 0.6 is 15.9 Å². The van der Waals surface area contributed by atoms with Crippen molar-refractivity contribution in [3.8, 4) is 0 Å². The third kappa shape index (κ3) is 4.87. The fraction of sp³-hybridized carbons (Fsp3) is 0.545. The van der Waals surface area contributed by atoms with Gasteiger partial charge in [0.25, 0.3) is 0 Å². The SMILES string of the molecule is CCNc1ncnc(NCCCCC(N)=O)c1Br. The first-order valence-corrected chi connectivity index (χ1v) is 6.71. The molecular weight excluding hydrogens is 298 g/mol. The van der Waals surface area contributed by atoms with Crippen molar-refractivity contribution in [3.05, 3.63) is 10.8 Å². The minimum absolute atomic E-state index is 0.257. The number of nitrogens with zero attached hydrogens (tertiary/aromatic N) is 2. The highest BCUT2D eigenvalue weighted by Gasteiger charge is 2.07. The van der Waals surface area contributed by atoms with Crippen LogP contribution < -0.4 is 16.4 Å². The van der Waals surface area contributed by atoms with Crippen molar-refractivity contribution in [2.24, 2.45) is 5.73 Å². The lowest BCUT2D eigenvalue weighted by Crippen LogP contribution is -2.11. The van der Waals surface area contributed by atoms with E-state index >= 15 is 0 Å². The minimum atomic E-state index is -0.257. The monoisotopic (exact) mass is 315 g/mol. The third-order valence-corrected chi connectivity index (χ3v) is 3.03. The molecule has 1 amide bonds. The van der Waals surface area contributed by atoms with Crippen LogP contribution in [-0.4, -0.2) is 29.0 Å². The van der Waals surface area contributed by atoms with Gasteiger partial charge < -0.3 is 16.4 Å². The maximum atomic E-state index is 10.6. The summed E-state index contributed by atoms with van der Waals surface area (Å²) in [6.45, 7) is 3.55. The van der Waals surface area contributed by atoms with Gasteiger partial charge in [0.15, 0.2) is 0 Å². The molecule has 1 aromatic rings. The fourth-order valence-corrected chi connectivity index (χ4v) is 1.90. The Bertz CT molecular complexity index is 399. The number of rotatable bonds is 8. The van der Waals surface area contributed by atoms with Gasteiger partial charge in [-0.3, -0.25) is 4.79 Å². The number of aromatic nitrogens is 2. The van der Waals surface area contributed by atoms with Gasteiger partial charge in [-0.15, -0.1) is 0 Å². The summed E-state index contributed by atoms with van der Waals surface area (Å²) in [7, 11) is 0. The number of amides is 1. The van der Waals surface area contributed by atoms with Crippen molar-refractivity contribution >= 4 is 33.5 Å². The fourth-order valence-electron chi connectivity index (χ4n) is 1.41. The second kappa shape index (κ2) is 7.86. The van der Waals surface area contributed by atoms with E-state index in [1.807, 2.05) is 6.92 Å². The Labute approximate surface area is 115 Å². The summed E-state index contributed by atoms with van der Waals surface area (Å²) in [5.74, 6) is 1.26.